The van der Waals surface area contributed by atoms with Crippen molar-refractivity contribution in [3.8, 4) is 0 Å². The van der Waals surface area contributed by atoms with Crippen LogP contribution in [0, 0.1) is 5.92 Å². The molecule has 0 spiro atoms. The van der Waals surface area contributed by atoms with E-state index in [2.05, 4.69) is 9.97 Å². The summed E-state index contributed by atoms with van der Waals surface area (Å²) in [6.45, 7) is 1.20. The van der Waals surface area contributed by atoms with Gasteiger partial charge in [-0.1, -0.05) is 11.6 Å². The lowest BCUT2D eigenvalue weighted by atomic mass is 9.93. The van der Waals surface area contributed by atoms with Crippen molar-refractivity contribution in [3.05, 3.63) is 23.2 Å². The SMILES string of the molecule is NC(=O)CC1CCN(C(=O)c2cncc(Cl)n2)CC1. The van der Waals surface area contributed by atoms with Gasteiger partial charge < -0.3 is 10.6 Å². The van der Waals surface area contributed by atoms with Gasteiger partial charge >= 0.3 is 0 Å². The minimum atomic E-state index is -0.287. The number of likely N-dealkylation sites (tertiary alicyclic amines) is 1. The smallest absolute Gasteiger partial charge is 0.274 e. The molecule has 19 heavy (non-hydrogen) atoms. The van der Waals surface area contributed by atoms with Gasteiger partial charge in [0.05, 0.1) is 12.4 Å². The zero-order valence-corrected chi connectivity index (χ0v) is 11.1. The van der Waals surface area contributed by atoms with Crippen LogP contribution in [0.1, 0.15) is 29.8 Å². The van der Waals surface area contributed by atoms with Crippen LogP contribution in [0.15, 0.2) is 12.4 Å². The van der Waals surface area contributed by atoms with E-state index in [0.717, 1.165) is 12.8 Å². The molecule has 1 aromatic heterocycles. The van der Waals surface area contributed by atoms with Gasteiger partial charge in [0, 0.05) is 19.5 Å². The van der Waals surface area contributed by atoms with E-state index in [4.69, 9.17) is 17.3 Å². The molecule has 2 N–H and O–H groups in total. The monoisotopic (exact) mass is 282 g/mol. The maximum absolute atomic E-state index is 12.2. The highest BCUT2D eigenvalue weighted by Crippen LogP contribution is 2.21. The van der Waals surface area contributed by atoms with Crippen molar-refractivity contribution in [1.29, 1.82) is 0 Å². The van der Waals surface area contributed by atoms with Crippen LogP contribution in [0.2, 0.25) is 5.15 Å². The average Bonchev–Trinajstić information content (AvgIpc) is 2.38. The zero-order chi connectivity index (χ0) is 13.8. The van der Waals surface area contributed by atoms with Gasteiger partial charge in [-0.3, -0.25) is 14.6 Å². The second-order valence-corrected chi connectivity index (χ2v) is 5.02. The summed E-state index contributed by atoms with van der Waals surface area (Å²) < 4.78 is 0. The molecular weight excluding hydrogens is 268 g/mol. The van der Waals surface area contributed by atoms with Crippen molar-refractivity contribution in [1.82, 2.24) is 14.9 Å². The third-order valence-corrected chi connectivity index (χ3v) is 3.40. The number of hydrogen-bond acceptors (Lipinski definition) is 4. The molecule has 0 aliphatic carbocycles. The van der Waals surface area contributed by atoms with Crippen molar-refractivity contribution < 1.29 is 9.59 Å². The maximum atomic E-state index is 12.2. The molecule has 1 aliphatic rings. The summed E-state index contributed by atoms with van der Waals surface area (Å²) in [5, 5.41) is 0.203. The largest absolute Gasteiger partial charge is 0.370 e. The Bertz CT molecular complexity index is 486. The quantitative estimate of drug-likeness (QED) is 0.890. The molecule has 1 aliphatic heterocycles. The Hall–Kier alpha value is -1.69. The first-order chi connectivity index (χ1) is 9.06. The number of primary amides is 1. The van der Waals surface area contributed by atoms with Gasteiger partial charge in [-0.25, -0.2) is 4.98 Å². The number of hydrogen-bond donors (Lipinski definition) is 1. The van der Waals surface area contributed by atoms with Crippen molar-refractivity contribution in [2.75, 3.05) is 13.1 Å². The number of piperidine rings is 1. The molecule has 2 amide bonds. The van der Waals surface area contributed by atoms with Crippen molar-refractivity contribution in [2.24, 2.45) is 11.7 Å². The molecule has 0 atom stereocenters. The third-order valence-electron chi connectivity index (χ3n) is 3.22. The fourth-order valence-corrected chi connectivity index (χ4v) is 2.38. The van der Waals surface area contributed by atoms with Crippen LogP contribution in [0.25, 0.3) is 0 Å². The van der Waals surface area contributed by atoms with E-state index in [-0.39, 0.29) is 28.6 Å². The van der Waals surface area contributed by atoms with Crippen LogP contribution in [-0.4, -0.2) is 39.8 Å². The molecule has 0 saturated carbocycles. The Balaban J connectivity index is 1.94. The highest BCUT2D eigenvalue weighted by molar-refractivity contribution is 6.29. The zero-order valence-electron chi connectivity index (χ0n) is 10.4. The highest BCUT2D eigenvalue weighted by Gasteiger charge is 2.25. The van der Waals surface area contributed by atoms with Gasteiger partial charge in [-0.05, 0) is 18.8 Å². The summed E-state index contributed by atoms with van der Waals surface area (Å²) >= 11 is 5.71. The molecule has 7 heteroatoms. The maximum Gasteiger partial charge on any atom is 0.274 e. The Kier molecular flexibility index (Phi) is 4.31. The summed E-state index contributed by atoms with van der Waals surface area (Å²) in [5.74, 6) is -0.190. The van der Waals surface area contributed by atoms with Crippen LogP contribution in [0.3, 0.4) is 0 Å². The van der Waals surface area contributed by atoms with Gasteiger partial charge in [0.2, 0.25) is 5.91 Å². The summed E-state index contributed by atoms with van der Waals surface area (Å²) in [4.78, 5) is 32.5. The van der Waals surface area contributed by atoms with E-state index in [1.165, 1.54) is 12.4 Å². The predicted octanol–water partition coefficient (Wildman–Crippen LogP) is 0.858. The van der Waals surface area contributed by atoms with Crippen molar-refractivity contribution in [3.63, 3.8) is 0 Å². The lowest BCUT2D eigenvalue weighted by Crippen LogP contribution is -2.39. The summed E-state index contributed by atoms with van der Waals surface area (Å²) in [7, 11) is 0. The van der Waals surface area contributed by atoms with Crippen LogP contribution in [0.5, 0.6) is 0 Å². The molecule has 0 bridgehead atoms. The fourth-order valence-electron chi connectivity index (χ4n) is 2.23. The van der Waals surface area contributed by atoms with E-state index in [1.54, 1.807) is 4.90 Å². The molecule has 1 saturated heterocycles. The lowest BCUT2D eigenvalue weighted by Gasteiger charge is -2.31. The number of rotatable bonds is 3. The van der Waals surface area contributed by atoms with E-state index < -0.39 is 0 Å². The van der Waals surface area contributed by atoms with Gasteiger partial charge in [0.1, 0.15) is 10.8 Å². The lowest BCUT2D eigenvalue weighted by molar-refractivity contribution is -0.119. The second-order valence-electron chi connectivity index (χ2n) is 4.63. The van der Waals surface area contributed by atoms with E-state index in [0.29, 0.717) is 19.5 Å². The minimum Gasteiger partial charge on any atom is -0.370 e. The second kappa shape index (κ2) is 5.97. The van der Waals surface area contributed by atoms with Gasteiger partial charge in [-0.2, -0.15) is 0 Å². The molecule has 102 valence electrons. The number of halogens is 1. The number of nitrogens with zero attached hydrogens (tertiary/aromatic N) is 3. The molecule has 0 aromatic carbocycles. The number of nitrogens with two attached hydrogens (primary N) is 1. The highest BCUT2D eigenvalue weighted by atomic mass is 35.5. The molecule has 6 nitrogen and oxygen atoms in total. The molecular formula is C12H15ClN4O2. The predicted molar refractivity (Wildman–Crippen MR) is 69.5 cm³/mol. The molecule has 1 fully saturated rings. The van der Waals surface area contributed by atoms with Gasteiger partial charge in [-0.15, -0.1) is 0 Å². The van der Waals surface area contributed by atoms with Crippen LogP contribution < -0.4 is 5.73 Å². The molecule has 2 heterocycles. The van der Waals surface area contributed by atoms with Crippen LogP contribution >= 0.6 is 11.6 Å². The standard InChI is InChI=1S/C12H15ClN4O2/c13-10-7-15-6-9(16-10)12(19)17-3-1-8(2-4-17)5-11(14)18/h6-8H,1-5H2,(H2,14,18). The summed E-state index contributed by atoms with van der Waals surface area (Å²) in [6.07, 6.45) is 4.74. The first-order valence-corrected chi connectivity index (χ1v) is 6.49. The third kappa shape index (κ3) is 3.64. The minimum absolute atomic E-state index is 0.174. The molecule has 0 radical (unpaired) electrons. The topological polar surface area (TPSA) is 89.2 Å². The molecule has 0 unspecified atom stereocenters. The Morgan fingerprint density at radius 3 is 2.63 bits per heavy atom. The Morgan fingerprint density at radius 1 is 1.37 bits per heavy atom. The fraction of sp³-hybridized carbons (Fsp3) is 0.500. The molecule has 1 aromatic rings. The van der Waals surface area contributed by atoms with Crippen molar-refractivity contribution in [2.45, 2.75) is 19.3 Å². The number of carbonyl (C=O) groups is 2. The normalized spacial score (nSPS) is 16.4. The summed E-state index contributed by atoms with van der Waals surface area (Å²) in [6, 6.07) is 0. The summed E-state index contributed by atoms with van der Waals surface area (Å²) in [5.41, 5.74) is 5.42. The van der Waals surface area contributed by atoms with Gasteiger partial charge in [0.15, 0.2) is 0 Å². The average molecular weight is 283 g/mol. The Labute approximate surface area is 116 Å². The van der Waals surface area contributed by atoms with Crippen molar-refractivity contribution >= 4 is 23.4 Å². The van der Waals surface area contributed by atoms with Crippen LogP contribution in [-0.2, 0) is 4.79 Å². The number of carbonyl (C=O) groups excluding carboxylic acids is 2. The molecule has 2 rings (SSSR count). The van der Waals surface area contributed by atoms with Crippen LogP contribution in [0.4, 0.5) is 0 Å². The van der Waals surface area contributed by atoms with E-state index >= 15 is 0 Å². The Morgan fingerprint density at radius 2 is 2.05 bits per heavy atom. The van der Waals surface area contributed by atoms with E-state index in [9.17, 15) is 9.59 Å². The van der Waals surface area contributed by atoms with E-state index in [1.807, 2.05) is 0 Å². The number of amides is 2. The van der Waals surface area contributed by atoms with Gasteiger partial charge in [0.25, 0.3) is 5.91 Å². The number of aromatic nitrogens is 2. The first kappa shape index (κ1) is 13.7. The first-order valence-electron chi connectivity index (χ1n) is 6.11.